The van der Waals surface area contributed by atoms with Crippen LogP contribution in [0.5, 0.6) is 0 Å². The first-order valence-corrected chi connectivity index (χ1v) is 4.23. The van der Waals surface area contributed by atoms with Crippen molar-refractivity contribution in [2.75, 3.05) is 6.61 Å². The Morgan fingerprint density at radius 1 is 1.47 bits per heavy atom. The van der Waals surface area contributed by atoms with Gasteiger partial charge in [0, 0.05) is 5.56 Å². The molecule has 0 amide bonds. The molecule has 0 saturated carbocycles. The van der Waals surface area contributed by atoms with Gasteiger partial charge < -0.3 is 10.2 Å². The molecule has 0 bridgehead atoms. The van der Waals surface area contributed by atoms with Crippen LogP contribution in [0.2, 0.25) is 0 Å². The summed E-state index contributed by atoms with van der Waals surface area (Å²) in [6, 6.07) is 4.05. The van der Waals surface area contributed by atoms with Crippen molar-refractivity contribution in [3.8, 4) is 11.8 Å². The molecule has 15 heavy (non-hydrogen) atoms. The highest BCUT2D eigenvalue weighted by atomic mass is 19.1. The van der Waals surface area contributed by atoms with E-state index >= 15 is 0 Å². The first-order chi connectivity index (χ1) is 7.13. The van der Waals surface area contributed by atoms with Crippen LogP contribution in [-0.4, -0.2) is 22.8 Å². The first kappa shape index (κ1) is 11.2. The van der Waals surface area contributed by atoms with Crippen molar-refractivity contribution in [1.29, 1.82) is 0 Å². The van der Waals surface area contributed by atoms with E-state index in [4.69, 9.17) is 10.2 Å². The van der Waals surface area contributed by atoms with Crippen LogP contribution in [0.25, 0.3) is 0 Å². The number of aliphatic hydroxyl groups is 1. The Hall–Kier alpha value is -1.86. The van der Waals surface area contributed by atoms with Crippen LogP contribution in [0.1, 0.15) is 11.1 Å². The van der Waals surface area contributed by atoms with Crippen LogP contribution in [0.3, 0.4) is 0 Å². The standard InChI is InChI=1S/C11H9FO3/c12-10-6-8(2-1-5-13)3-4-9(10)7-11(14)15/h3-4,6,13H,5,7H2,(H,14,15). The summed E-state index contributed by atoms with van der Waals surface area (Å²) in [6.45, 7) is -0.293. The molecular formula is C11H9FO3. The number of rotatable bonds is 2. The van der Waals surface area contributed by atoms with E-state index in [9.17, 15) is 9.18 Å². The second-order valence-corrected chi connectivity index (χ2v) is 2.84. The Bertz CT molecular complexity index is 429. The molecule has 78 valence electrons. The molecule has 0 unspecified atom stereocenters. The third-order valence-corrected chi connectivity index (χ3v) is 1.71. The molecule has 1 rings (SSSR count). The van der Waals surface area contributed by atoms with Gasteiger partial charge in [-0.1, -0.05) is 17.9 Å². The van der Waals surface area contributed by atoms with Crippen molar-refractivity contribution in [2.24, 2.45) is 0 Å². The number of aliphatic hydroxyl groups excluding tert-OH is 1. The molecule has 0 fully saturated rings. The Balaban J connectivity index is 2.92. The van der Waals surface area contributed by atoms with E-state index in [0.29, 0.717) is 5.56 Å². The average molecular weight is 208 g/mol. The van der Waals surface area contributed by atoms with Crippen LogP contribution >= 0.6 is 0 Å². The van der Waals surface area contributed by atoms with E-state index in [2.05, 4.69) is 11.8 Å². The minimum atomic E-state index is -1.08. The lowest BCUT2D eigenvalue weighted by Gasteiger charge is -1.99. The van der Waals surface area contributed by atoms with Gasteiger partial charge in [-0.3, -0.25) is 4.79 Å². The molecule has 4 heteroatoms. The summed E-state index contributed by atoms with van der Waals surface area (Å²) in [5.41, 5.74) is 0.535. The number of hydrogen-bond donors (Lipinski definition) is 2. The maximum Gasteiger partial charge on any atom is 0.307 e. The summed E-state index contributed by atoms with van der Waals surface area (Å²) in [6.07, 6.45) is -0.348. The third kappa shape index (κ3) is 3.41. The molecule has 0 aromatic heterocycles. The lowest BCUT2D eigenvalue weighted by atomic mass is 10.1. The third-order valence-electron chi connectivity index (χ3n) is 1.71. The topological polar surface area (TPSA) is 57.5 Å². The first-order valence-electron chi connectivity index (χ1n) is 4.23. The van der Waals surface area contributed by atoms with E-state index in [1.807, 2.05) is 0 Å². The lowest BCUT2D eigenvalue weighted by molar-refractivity contribution is -0.136. The zero-order valence-corrected chi connectivity index (χ0v) is 7.83. The van der Waals surface area contributed by atoms with Crippen LogP contribution in [0, 0.1) is 17.7 Å². The Kier molecular flexibility index (Phi) is 3.83. The van der Waals surface area contributed by atoms with Gasteiger partial charge in [-0.15, -0.1) is 0 Å². The Morgan fingerprint density at radius 2 is 2.20 bits per heavy atom. The second kappa shape index (κ2) is 5.13. The number of carboxylic acids is 1. The predicted molar refractivity (Wildman–Crippen MR) is 51.7 cm³/mol. The van der Waals surface area contributed by atoms with Crippen LogP contribution in [0.4, 0.5) is 4.39 Å². The molecule has 0 atom stereocenters. The molecular weight excluding hydrogens is 199 g/mol. The number of carboxylic acid groups (broad SMARTS) is 1. The van der Waals surface area contributed by atoms with E-state index in [1.54, 1.807) is 0 Å². The molecule has 0 aliphatic heterocycles. The average Bonchev–Trinajstić information content (AvgIpc) is 2.18. The molecule has 0 spiro atoms. The van der Waals surface area contributed by atoms with Crippen molar-refractivity contribution >= 4 is 5.97 Å². The van der Waals surface area contributed by atoms with Gasteiger partial charge in [-0.05, 0) is 17.7 Å². The largest absolute Gasteiger partial charge is 0.481 e. The van der Waals surface area contributed by atoms with Crippen molar-refractivity contribution in [2.45, 2.75) is 6.42 Å². The zero-order chi connectivity index (χ0) is 11.3. The van der Waals surface area contributed by atoms with Crippen LogP contribution < -0.4 is 0 Å². The number of benzene rings is 1. The van der Waals surface area contributed by atoms with E-state index < -0.39 is 11.8 Å². The lowest BCUT2D eigenvalue weighted by Crippen LogP contribution is -2.02. The summed E-state index contributed by atoms with van der Waals surface area (Å²) < 4.78 is 13.2. The monoisotopic (exact) mass is 208 g/mol. The highest BCUT2D eigenvalue weighted by Crippen LogP contribution is 2.10. The van der Waals surface area contributed by atoms with Gasteiger partial charge in [-0.25, -0.2) is 4.39 Å². The fraction of sp³-hybridized carbons (Fsp3) is 0.182. The van der Waals surface area contributed by atoms with E-state index in [1.165, 1.54) is 12.1 Å². The highest BCUT2D eigenvalue weighted by molar-refractivity contribution is 5.70. The summed E-state index contributed by atoms with van der Waals surface area (Å²) in [5.74, 6) is 3.23. The molecule has 0 aliphatic carbocycles. The quantitative estimate of drug-likeness (QED) is 0.707. The maximum atomic E-state index is 13.2. The van der Waals surface area contributed by atoms with Crippen LogP contribution in [0.15, 0.2) is 18.2 Å². The Labute approximate surface area is 86.2 Å². The van der Waals surface area contributed by atoms with E-state index in [-0.39, 0.29) is 18.6 Å². The van der Waals surface area contributed by atoms with Gasteiger partial charge in [-0.2, -0.15) is 0 Å². The van der Waals surface area contributed by atoms with Gasteiger partial charge in [0.25, 0.3) is 0 Å². The molecule has 2 N–H and O–H groups in total. The minimum Gasteiger partial charge on any atom is -0.481 e. The van der Waals surface area contributed by atoms with Gasteiger partial charge in [0.2, 0.25) is 0 Å². The highest BCUT2D eigenvalue weighted by Gasteiger charge is 2.06. The van der Waals surface area contributed by atoms with Gasteiger partial charge >= 0.3 is 5.97 Å². The maximum absolute atomic E-state index is 13.2. The summed E-state index contributed by atoms with van der Waals surface area (Å²) in [5, 5.41) is 16.9. The van der Waals surface area contributed by atoms with Crippen molar-refractivity contribution < 1.29 is 19.4 Å². The van der Waals surface area contributed by atoms with E-state index in [0.717, 1.165) is 6.07 Å². The second-order valence-electron chi connectivity index (χ2n) is 2.84. The number of hydrogen-bond acceptors (Lipinski definition) is 2. The minimum absolute atomic E-state index is 0.122. The number of halogens is 1. The zero-order valence-electron chi connectivity index (χ0n) is 7.83. The summed E-state index contributed by atoms with van der Waals surface area (Å²) >= 11 is 0. The number of carbonyl (C=O) groups is 1. The number of aliphatic carboxylic acids is 1. The van der Waals surface area contributed by atoms with Crippen LogP contribution in [-0.2, 0) is 11.2 Å². The van der Waals surface area contributed by atoms with Crippen molar-refractivity contribution in [3.63, 3.8) is 0 Å². The molecule has 0 aliphatic rings. The molecule has 0 heterocycles. The summed E-state index contributed by atoms with van der Waals surface area (Å²) in [7, 11) is 0. The Morgan fingerprint density at radius 3 is 2.73 bits per heavy atom. The molecule has 1 aromatic carbocycles. The molecule has 3 nitrogen and oxygen atoms in total. The summed E-state index contributed by atoms with van der Waals surface area (Å²) in [4.78, 5) is 10.4. The molecule has 0 saturated heterocycles. The molecule has 1 aromatic rings. The van der Waals surface area contributed by atoms with Crippen molar-refractivity contribution in [3.05, 3.63) is 35.1 Å². The predicted octanol–water partition coefficient (Wildman–Crippen LogP) is 0.797. The van der Waals surface area contributed by atoms with Crippen molar-refractivity contribution in [1.82, 2.24) is 0 Å². The fourth-order valence-electron chi connectivity index (χ4n) is 1.07. The SMILES string of the molecule is O=C(O)Cc1ccc(C#CCO)cc1F. The molecule has 0 radical (unpaired) electrons. The van der Waals surface area contributed by atoms with Gasteiger partial charge in [0.05, 0.1) is 6.42 Å². The van der Waals surface area contributed by atoms with Gasteiger partial charge in [0.1, 0.15) is 12.4 Å². The smallest absolute Gasteiger partial charge is 0.307 e. The van der Waals surface area contributed by atoms with Gasteiger partial charge in [0.15, 0.2) is 0 Å². The fourth-order valence-corrected chi connectivity index (χ4v) is 1.07. The normalized spacial score (nSPS) is 9.20.